The first-order chi connectivity index (χ1) is 17.5. The summed E-state index contributed by atoms with van der Waals surface area (Å²) >= 11 is 1.63. The maximum Gasteiger partial charge on any atom is 0.324 e. The lowest BCUT2D eigenvalue weighted by Crippen LogP contribution is -2.48. The highest BCUT2D eigenvalue weighted by Gasteiger charge is 2.25. The van der Waals surface area contributed by atoms with Gasteiger partial charge in [-0.05, 0) is 41.7 Å². The van der Waals surface area contributed by atoms with Gasteiger partial charge in [-0.1, -0.05) is 79.7 Å². The number of hydrogen-bond acceptors (Lipinski definition) is 4. The molecule has 0 aromatic heterocycles. The van der Waals surface area contributed by atoms with Crippen molar-refractivity contribution in [3.05, 3.63) is 96.1 Å². The lowest BCUT2D eigenvalue weighted by atomic mass is 10.0. The molecule has 6 nitrogen and oxygen atoms in total. The molecular formula is C29H32N2O4S. The van der Waals surface area contributed by atoms with Gasteiger partial charge in [-0.2, -0.15) is 11.8 Å². The number of rotatable bonds is 12. The van der Waals surface area contributed by atoms with E-state index < -0.39 is 12.0 Å². The van der Waals surface area contributed by atoms with E-state index in [1.165, 1.54) is 4.90 Å². The Morgan fingerprint density at radius 2 is 1.58 bits per heavy atom. The highest BCUT2D eigenvalue weighted by Crippen LogP contribution is 2.21. The molecule has 0 aliphatic rings. The van der Waals surface area contributed by atoms with Crippen molar-refractivity contribution in [1.29, 1.82) is 0 Å². The van der Waals surface area contributed by atoms with Crippen LogP contribution in [0.1, 0.15) is 42.1 Å². The van der Waals surface area contributed by atoms with Crippen LogP contribution in [0.3, 0.4) is 0 Å². The number of nitrogens with zero attached hydrogens (tertiary/aromatic N) is 1. The number of benzene rings is 3. The van der Waals surface area contributed by atoms with Crippen molar-refractivity contribution < 1.29 is 19.5 Å². The summed E-state index contributed by atoms with van der Waals surface area (Å²) in [5, 5.41) is 12.1. The minimum atomic E-state index is -0.915. The van der Waals surface area contributed by atoms with E-state index in [0.29, 0.717) is 24.2 Å². The van der Waals surface area contributed by atoms with Gasteiger partial charge in [-0.3, -0.25) is 14.5 Å². The molecule has 0 bridgehead atoms. The Morgan fingerprint density at radius 3 is 2.25 bits per heavy atom. The lowest BCUT2D eigenvalue weighted by molar-refractivity contribution is -0.137. The van der Waals surface area contributed by atoms with Crippen molar-refractivity contribution in [2.45, 2.75) is 38.0 Å². The molecule has 0 radical (unpaired) electrons. The van der Waals surface area contributed by atoms with E-state index in [2.05, 4.69) is 5.32 Å². The number of nitrogens with one attached hydrogen (secondary N) is 1. The molecule has 7 heteroatoms. The molecule has 36 heavy (non-hydrogen) atoms. The zero-order valence-electron chi connectivity index (χ0n) is 20.4. The second-order valence-electron chi connectivity index (χ2n) is 8.48. The van der Waals surface area contributed by atoms with Gasteiger partial charge in [0.25, 0.3) is 5.91 Å². The molecule has 1 atom stereocenters. The van der Waals surface area contributed by atoms with Crippen molar-refractivity contribution >= 4 is 29.7 Å². The van der Waals surface area contributed by atoms with E-state index in [0.717, 1.165) is 22.4 Å². The van der Waals surface area contributed by atoms with Gasteiger partial charge in [0.05, 0.1) is 0 Å². The summed E-state index contributed by atoms with van der Waals surface area (Å²) < 4.78 is 0. The van der Waals surface area contributed by atoms with E-state index in [4.69, 9.17) is 5.11 Å². The number of hydrogen-bond donors (Lipinski definition) is 2. The largest absolute Gasteiger partial charge is 0.481 e. The standard InChI is InChI=1S/C29H32N2O4S/c1-2-18-31(28(34)25-15-9-14-24(19-25)23-12-7-4-8-13-23)29(35)30-26(16-17-27(32)33)21-36-20-22-10-5-3-6-11-22/h3-15,19,26H,2,16-18,20-21H2,1H3,(H,30,35)(H,32,33)/t26-/m1/s1. The van der Waals surface area contributed by atoms with Crippen LogP contribution in [0, 0.1) is 0 Å². The molecular weight excluding hydrogens is 472 g/mol. The van der Waals surface area contributed by atoms with Gasteiger partial charge >= 0.3 is 12.0 Å². The first kappa shape index (κ1) is 27.0. The number of aliphatic carboxylic acids is 1. The zero-order valence-corrected chi connectivity index (χ0v) is 21.2. The summed E-state index contributed by atoms with van der Waals surface area (Å²) in [5.74, 6) is 0.0120. The minimum absolute atomic E-state index is 0.0578. The van der Waals surface area contributed by atoms with Crippen LogP contribution in [0.5, 0.6) is 0 Å². The van der Waals surface area contributed by atoms with E-state index in [9.17, 15) is 14.4 Å². The van der Waals surface area contributed by atoms with E-state index in [-0.39, 0.29) is 24.9 Å². The Labute approximate surface area is 216 Å². The summed E-state index contributed by atoms with van der Waals surface area (Å²) in [6, 6.07) is 26.1. The zero-order chi connectivity index (χ0) is 25.8. The third-order valence-electron chi connectivity index (χ3n) is 5.62. The normalized spacial score (nSPS) is 11.5. The number of thioether (sulfide) groups is 1. The van der Waals surface area contributed by atoms with Gasteiger partial charge in [0.1, 0.15) is 0 Å². The molecule has 3 rings (SSSR count). The number of urea groups is 1. The Bertz CT molecular complexity index is 1140. The van der Waals surface area contributed by atoms with Crippen LogP contribution in [0.2, 0.25) is 0 Å². The predicted octanol–water partition coefficient (Wildman–Crippen LogP) is 6.08. The SMILES string of the molecule is CCCN(C(=O)N[C@H](CCC(=O)O)CSCc1ccccc1)C(=O)c1cccc(-c2ccccc2)c1. The minimum Gasteiger partial charge on any atom is -0.481 e. The monoisotopic (exact) mass is 504 g/mol. The predicted molar refractivity (Wildman–Crippen MR) is 145 cm³/mol. The molecule has 3 aromatic carbocycles. The maximum absolute atomic E-state index is 13.4. The first-order valence-corrected chi connectivity index (χ1v) is 13.2. The fourth-order valence-corrected chi connectivity index (χ4v) is 4.86. The first-order valence-electron chi connectivity index (χ1n) is 12.1. The number of carbonyl (C=O) groups is 3. The van der Waals surface area contributed by atoms with Crippen LogP contribution in [-0.2, 0) is 10.5 Å². The molecule has 0 fully saturated rings. The third kappa shape index (κ3) is 8.27. The molecule has 188 valence electrons. The van der Waals surface area contributed by atoms with Crippen LogP contribution in [0.4, 0.5) is 4.79 Å². The van der Waals surface area contributed by atoms with Crippen molar-refractivity contribution in [3.8, 4) is 11.1 Å². The number of imide groups is 1. The maximum atomic E-state index is 13.4. The second kappa shape index (κ2) is 14.1. The van der Waals surface area contributed by atoms with Crippen molar-refractivity contribution in [2.24, 2.45) is 0 Å². The molecule has 2 N–H and O–H groups in total. The topological polar surface area (TPSA) is 86.7 Å². The Morgan fingerprint density at radius 1 is 0.917 bits per heavy atom. The Hall–Kier alpha value is -3.58. The average molecular weight is 505 g/mol. The van der Waals surface area contributed by atoms with E-state index in [1.54, 1.807) is 23.9 Å². The number of amides is 3. The summed E-state index contributed by atoms with van der Waals surface area (Å²) in [7, 11) is 0. The lowest BCUT2D eigenvalue weighted by Gasteiger charge is -2.25. The molecule has 0 saturated heterocycles. The Kier molecular flexibility index (Phi) is 10.6. The van der Waals surface area contributed by atoms with Crippen LogP contribution in [0.25, 0.3) is 11.1 Å². The fraction of sp³-hybridized carbons (Fsp3) is 0.276. The number of carbonyl (C=O) groups excluding carboxylic acids is 2. The molecule has 0 unspecified atom stereocenters. The summed E-state index contributed by atoms with van der Waals surface area (Å²) in [6.07, 6.45) is 0.846. The molecule has 0 spiro atoms. The average Bonchev–Trinajstić information content (AvgIpc) is 2.91. The van der Waals surface area contributed by atoms with E-state index in [1.807, 2.05) is 79.7 Å². The van der Waals surface area contributed by atoms with Crippen molar-refractivity contribution in [3.63, 3.8) is 0 Å². The molecule has 0 aliphatic heterocycles. The second-order valence-corrected chi connectivity index (χ2v) is 9.51. The smallest absolute Gasteiger partial charge is 0.324 e. The Balaban J connectivity index is 1.70. The highest BCUT2D eigenvalue weighted by atomic mass is 32.2. The van der Waals surface area contributed by atoms with Crippen molar-refractivity contribution in [1.82, 2.24) is 10.2 Å². The molecule has 3 aromatic rings. The van der Waals surface area contributed by atoms with Crippen LogP contribution >= 0.6 is 11.8 Å². The molecule has 0 aliphatic carbocycles. The van der Waals surface area contributed by atoms with Gasteiger partial charge in [-0.25, -0.2) is 4.79 Å². The molecule has 3 amide bonds. The number of carboxylic acid groups (broad SMARTS) is 1. The van der Waals surface area contributed by atoms with Crippen LogP contribution < -0.4 is 5.32 Å². The highest BCUT2D eigenvalue weighted by molar-refractivity contribution is 7.98. The molecule has 0 heterocycles. The summed E-state index contributed by atoms with van der Waals surface area (Å²) in [6.45, 7) is 2.18. The van der Waals surface area contributed by atoms with Gasteiger partial charge < -0.3 is 10.4 Å². The quantitative estimate of drug-likeness (QED) is 0.312. The van der Waals surface area contributed by atoms with Crippen molar-refractivity contribution in [2.75, 3.05) is 12.3 Å². The van der Waals surface area contributed by atoms with Gasteiger partial charge in [0.15, 0.2) is 0 Å². The van der Waals surface area contributed by atoms with Gasteiger partial charge in [0, 0.05) is 36.1 Å². The summed E-state index contributed by atoms with van der Waals surface area (Å²) in [5.41, 5.74) is 3.48. The number of carboxylic acids is 1. The van der Waals surface area contributed by atoms with E-state index >= 15 is 0 Å². The van der Waals surface area contributed by atoms with Crippen LogP contribution in [-0.4, -0.2) is 46.3 Å². The van der Waals surface area contributed by atoms with Gasteiger partial charge in [-0.15, -0.1) is 0 Å². The summed E-state index contributed by atoms with van der Waals surface area (Å²) in [4.78, 5) is 39.0. The molecule has 0 saturated carbocycles. The fourth-order valence-electron chi connectivity index (χ4n) is 3.78. The van der Waals surface area contributed by atoms with Gasteiger partial charge in [0.2, 0.25) is 0 Å². The third-order valence-corrected chi connectivity index (χ3v) is 6.79. The van der Waals surface area contributed by atoms with Crippen LogP contribution in [0.15, 0.2) is 84.9 Å².